The van der Waals surface area contributed by atoms with Crippen molar-refractivity contribution in [3.05, 3.63) is 23.9 Å². The fraction of sp³-hybridized carbons (Fsp3) is 0.647. The molecule has 3 rings (SSSR count). The van der Waals surface area contributed by atoms with Gasteiger partial charge < -0.3 is 14.4 Å². The highest BCUT2D eigenvalue weighted by Gasteiger charge is 2.19. The van der Waals surface area contributed by atoms with Crippen LogP contribution in [0.2, 0.25) is 0 Å². The Balaban J connectivity index is 1.59. The maximum Gasteiger partial charge on any atom is 0.255 e. The SMILES string of the molecule is O=C(c1ccc(OC2CCOCC2)nc1)N1CCCCCC1. The van der Waals surface area contributed by atoms with Crippen LogP contribution in [-0.4, -0.2) is 48.2 Å². The molecule has 2 aliphatic rings. The van der Waals surface area contributed by atoms with Crippen LogP contribution in [0, 0.1) is 0 Å². The number of hydrogen-bond donors (Lipinski definition) is 0. The maximum atomic E-state index is 12.5. The lowest BCUT2D eigenvalue weighted by molar-refractivity contribution is 0.0237. The Hall–Kier alpha value is -1.62. The van der Waals surface area contributed by atoms with Gasteiger partial charge in [-0.3, -0.25) is 4.79 Å². The number of rotatable bonds is 3. The highest BCUT2D eigenvalue weighted by molar-refractivity contribution is 5.94. The number of pyridine rings is 1. The molecular formula is C17H24N2O3. The molecule has 120 valence electrons. The van der Waals surface area contributed by atoms with E-state index in [4.69, 9.17) is 9.47 Å². The highest BCUT2D eigenvalue weighted by atomic mass is 16.5. The van der Waals surface area contributed by atoms with Gasteiger partial charge in [0, 0.05) is 38.2 Å². The van der Waals surface area contributed by atoms with Crippen molar-refractivity contribution < 1.29 is 14.3 Å². The van der Waals surface area contributed by atoms with Gasteiger partial charge in [-0.25, -0.2) is 4.98 Å². The smallest absolute Gasteiger partial charge is 0.255 e. The van der Waals surface area contributed by atoms with Gasteiger partial charge in [0.1, 0.15) is 6.10 Å². The Morgan fingerprint density at radius 2 is 1.86 bits per heavy atom. The molecule has 1 aromatic rings. The van der Waals surface area contributed by atoms with Crippen molar-refractivity contribution in [2.45, 2.75) is 44.6 Å². The molecule has 3 heterocycles. The van der Waals surface area contributed by atoms with Crippen LogP contribution in [0.1, 0.15) is 48.9 Å². The lowest BCUT2D eigenvalue weighted by Gasteiger charge is -2.23. The summed E-state index contributed by atoms with van der Waals surface area (Å²) in [5, 5.41) is 0. The van der Waals surface area contributed by atoms with E-state index in [-0.39, 0.29) is 12.0 Å². The van der Waals surface area contributed by atoms with E-state index in [1.54, 1.807) is 12.3 Å². The van der Waals surface area contributed by atoms with Gasteiger partial charge in [-0.2, -0.15) is 0 Å². The van der Waals surface area contributed by atoms with Crippen molar-refractivity contribution in [1.82, 2.24) is 9.88 Å². The zero-order valence-corrected chi connectivity index (χ0v) is 13.0. The minimum atomic E-state index is 0.0898. The van der Waals surface area contributed by atoms with Gasteiger partial charge in [0.15, 0.2) is 0 Å². The quantitative estimate of drug-likeness (QED) is 0.861. The molecule has 1 aromatic heterocycles. The second kappa shape index (κ2) is 7.58. The lowest BCUT2D eigenvalue weighted by Crippen LogP contribution is -2.32. The number of carbonyl (C=O) groups is 1. The van der Waals surface area contributed by atoms with Gasteiger partial charge in [0.25, 0.3) is 5.91 Å². The lowest BCUT2D eigenvalue weighted by atomic mass is 10.1. The number of aromatic nitrogens is 1. The fourth-order valence-electron chi connectivity index (χ4n) is 3.00. The van der Waals surface area contributed by atoms with Crippen LogP contribution in [0.4, 0.5) is 0 Å². The Labute approximate surface area is 131 Å². The Morgan fingerprint density at radius 3 is 2.50 bits per heavy atom. The van der Waals surface area contributed by atoms with Crippen molar-refractivity contribution in [3.8, 4) is 5.88 Å². The third-order valence-corrected chi connectivity index (χ3v) is 4.33. The monoisotopic (exact) mass is 304 g/mol. The third kappa shape index (κ3) is 3.97. The van der Waals surface area contributed by atoms with Gasteiger partial charge in [0.2, 0.25) is 5.88 Å². The molecule has 0 saturated carbocycles. The number of ether oxygens (including phenoxy) is 2. The van der Waals surface area contributed by atoms with Crippen LogP contribution < -0.4 is 4.74 Å². The molecule has 22 heavy (non-hydrogen) atoms. The first kappa shape index (κ1) is 15.3. The third-order valence-electron chi connectivity index (χ3n) is 4.33. The zero-order valence-electron chi connectivity index (χ0n) is 13.0. The molecule has 0 aromatic carbocycles. The average Bonchev–Trinajstić information content (AvgIpc) is 2.85. The largest absolute Gasteiger partial charge is 0.474 e. The number of likely N-dealkylation sites (tertiary alicyclic amines) is 1. The molecule has 0 radical (unpaired) electrons. The van der Waals surface area contributed by atoms with E-state index in [0.717, 1.165) is 52.0 Å². The Bertz CT molecular complexity index is 475. The molecule has 0 atom stereocenters. The minimum Gasteiger partial charge on any atom is -0.474 e. The first-order chi connectivity index (χ1) is 10.8. The summed E-state index contributed by atoms with van der Waals surface area (Å²) in [7, 11) is 0. The van der Waals surface area contributed by atoms with E-state index in [1.807, 2.05) is 11.0 Å². The van der Waals surface area contributed by atoms with Crippen LogP contribution in [0.3, 0.4) is 0 Å². The molecule has 2 saturated heterocycles. The van der Waals surface area contributed by atoms with Crippen LogP contribution >= 0.6 is 0 Å². The molecular weight excluding hydrogens is 280 g/mol. The van der Waals surface area contributed by atoms with Crippen LogP contribution in [0.5, 0.6) is 5.88 Å². The van der Waals surface area contributed by atoms with Crippen LogP contribution in [0.25, 0.3) is 0 Å². The molecule has 0 unspecified atom stereocenters. The van der Waals surface area contributed by atoms with Crippen molar-refractivity contribution in [3.63, 3.8) is 0 Å². The van der Waals surface area contributed by atoms with Gasteiger partial charge in [0.05, 0.1) is 18.8 Å². The van der Waals surface area contributed by atoms with Gasteiger partial charge in [-0.05, 0) is 18.9 Å². The van der Waals surface area contributed by atoms with E-state index in [2.05, 4.69) is 4.98 Å². The topological polar surface area (TPSA) is 51.7 Å². The molecule has 2 aliphatic heterocycles. The molecule has 5 nitrogen and oxygen atoms in total. The normalized spacial score (nSPS) is 20.5. The molecule has 0 bridgehead atoms. The minimum absolute atomic E-state index is 0.0898. The molecule has 5 heteroatoms. The molecule has 0 spiro atoms. The first-order valence-electron chi connectivity index (χ1n) is 8.33. The highest BCUT2D eigenvalue weighted by Crippen LogP contribution is 2.17. The van der Waals surface area contributed by atoms with Crippen LogP contribution in [-0.2, 0) is 4.74 Å². The summed E-state index contributed by atoms with van der Waals surface area (Å²) in [5.74, 6) is 0.686. The number of carbonyl (C=O) groups excluding carboxylic acids is 1. The summed E-state index contributed by atoms with van der Waals surface area (Å²) >= 11 is 0. The summed E-state index contributed by atoms with van der Waals surface area (Å²) in [6.07, 6.45) is 8.26. The van der Waals surface area contributed by atoms with Gasteiger partial charge in [-0.15, -0.1) is 0 Å². The zero-order chi connectivity index (χ0) is 15.2. The fourth-order valence-corrected chi connectivity index (χ4v) is 3.00. The van der Waals surface area contributed by atoms with E-state index >= 15 is 0 Å². The van der Waals surface area contributed by atoms with E-state index in [0.29, 0.717) is 11.4 Å². The second-order valence-electron chi connectivity index (χ2n) is 6.02. The van der Waals surface area contributed by atoms with E-state index in [9.17, 15) is 4.79 Å². The molecule has 0 aliphatic carbocycles. The summed E-state index contributed by atoms with van der Waals surface area (Å²) in [6.45, 7) is 3.21. The van der Waals surface area contributed by atoms with E-state index in [1.165, 1.54) is 12.8 Å². The second-order valence-corrected chi connectivity index (χ2v) is 6.02. The van der Waals surface area contributed by atoms with Gasteiger partial charge >= 0.3 is 0 Å². The van der Waals surface area contributed by atoms with Gasteiger partial charge in [-0.1, -0.05) is 12.8 Å². The maximum absolute atomic E-state index is 12.5. The van der Waals surface area contributed by atoms with Crippen molar-refractivity contribution in [2.24, 2.45) is 0 Å². The molecule has 2 fully saturated rings. The standard InChI is InChI=1S/C17H24N2O3/c20-17(19-9-3-1-2-4-10-19)14-5-6-16(18-13-14)22-15-7-11-21-12-8-15/h5-6,13,15H,1-4,7-12H2. The van der Waals surface area contributed by atoms with Crippen molar-refractivity contribution in [1.29, 1.82) is 0 Å². The average molecular weight is 304 g/mol. The predicted molar refractivity (Wildman–Crippen MR) is 83.1 cm³/mol. The molecule has 1 amide bonds. The van der Waals surface area contributed by atoms with Crippen molar-refractivity contribution >= 4 is 5.91 Å². The first-order valence-corrected chi connectivity index (χ1v) is 8.33. The Morgan fingerprint density at radius 1 is 1.14 bits per heavy atom. The number of hydrogen-bond acceptors (Lipinski definition) is 4. The van der Waals surface area contributed by atoms with Crippen LogP contribution in [0.15, 0.2) is 18.3 Å². The molecule has 0 N–H and O–H groups in total. The summed E-state index contributed by atoms with van der Waals surface area (Å²) in [5.41, 5.74) is 0.654. The Kier molecular flexibility index (Phi) is 5.27. The summed E-state index contributed by atoms with van der Waals surface area (Å²) in [4.78, 5) is 18.7. The predicted octanol–water partition coefficient (Wildman–Crippen LogP) is 2.66. The number of amides is 1. The number of nitrogens with zero attached hydrogens (tertiary/aromatic N) is 2. The van der Waals surface area contributed by atoms with E-state index < -0.39 is 0 Å². The summed E-state index contributed by atoms with van der Waals surface area (Å²) in [6, 6.07) is 3.63. The van der Waals surface area contributed by atoms with Crippen molar-refractivity contribution in [2.75, 3.05) is 26.3 Å². The summed E-state index contributed by atoms with van der Waals surface area (Å²) < 4.78 is 11.2.